The molecule has 0 fully saturated rings. The minimum absolute atomic E-state index is 0.0391. The van der Waals surface area contributed by atoms with Crippen molar-refractivity contribution in [2.75, 3.05) is 20.8 Å². The topological polar surface area (TPSA) is 46.7 Å². The second-order valence-corrected chi connectivity index (χ2v) is 31.0. The maximum Gasteiger partial charge on any atom is 0.161 e. The molecular formula is C34H30B71ClFN2O3. The van der Waals surface area contributed by atoms with E-state index in [-0.39, 0.29) is 17.9 Å². The van der Waals surface area contributed by atoms with Crippen LogP contribution in [0.3, 0.4) is 0 Å². The van der Waals surface area contributed by atoms with Gasteiger partial charge in [0.25, 0.3) is 0 Å². The van der Waals surface area contributed by atoms with E-state index >= 15 is 0 Å². The van der Waals surface area contributed by atoms with Crippen LogP contribution in [0.15, 0.2) is 78.9 Å². The first kappa shape index (κ1) is 101. The number of aromatic nitrogens is 1. The molecule has 112 heavy (non-hydrogen) atoms. The molecule has 0 bridgehead atoms. The number of halogens is 2. The first-order chi connectivity index (χ1) is 52.3. The van der Waals surface area contributed by atoms with Gasteiger partial charge in [-0.1, -0.05) is 35.9 Å². The Balaban J connectivity index is 0.000000396. The van der Waals surface area contributed by atoms with Gasteiger partial charge in [-0.05, 0) is 95.3 Å². The third-order valence-electron chi connectivity index (χ3n) is 23.4. The number of nitrogens with zero attached hydrogens (tertiary/aromatic N) is 1. The van der Waals surface area contributed by atoms with Gasteiger partial charge < -0.3 is 19.2 Å². The average molecular weight is 1340 g/mol. The average Bonchev–Trinajstić information content (AvgIpc) is 0.794. The van der Waals surface area contributed by atoms with E-state index in [2.05, 4.69) is 34.1 Å². The summed E-state index contributed by atoms with van der Waals surface area (Å²) in [6.07, 6.45) is -51.0. The zero-order valence-corrected chi connectivity index (χ0v) is 64.7. The van der Waals surface area contributed by atoms with E-state index in [9.17, 15) is 4.39 Å². The smallest absolute Gasteiger partial charge is 0.161 e. The third-order valence-corrected chi connectivity index (χ3v) is 23.6. The maximum absolute atomic E-state index is 14.0. The van der Waals surface area contributed by atoms with E-state index in [4.69, 9.17) is 304 Å². The normalized spacial score (nSPS) is 12.8. The quantitative estimate of drug-likeness (QED) is 0.0397. The Morgan fingerprint density at radius 2 is 0.768 bits per heavy atom. The Hall–Kier alpha value is 0.610. The van der Waals surface area contributed by atoms with Crippen molar-refractivity contribution >= 4 is 525 Å². The van der Waals surface area contributed by atoms with Crippen LogP contribution in [0.1, 0.15) is 45.6 Å². The SMILES string of the molecule is COc1ccc2[nH]c3c(c2c1)CC1c2cc(OC)c(OCc4ccc(Cl)cc4)cc2CCN1C3c1ccc(F)cc1.[B][B]B([B])B(B([B])[B])B(B(B(B([B])[B])B([B])[B])B(B([B])[B])B([B])[B])B(B(B(B([B])[B])B([B])[B])B(B([B])[B])B([B])[B])B(B(B(B([B])[B])B([B])[B])B(B([B])[B])B([B])[B])B(B(B([B])[B])B([B])[B])B(B([B])[B])B([B])[B]. The van der Waals surface area contributed by atoms with Gasteiger partial charge >= 0.3 is 0 Å². The van der Waals surface area contributed by atoms with Gasteiger partial charge in [0.2, 0.25) is 0 Å². The van der Waals surface area contributed by atoms with Crippen molar-refractivity contribution in [1.82, 2.24) is 9.88 Å². The molecule has 2 atom stereocenters. The number of H-pyrrole nitrogens is 1. The van der Waals surface area contributed by atoms with Crippen LogP contribution < -0.4 is 14.2 Å². The summed E-state index contributed by atoms with van der Waals surface area (Å²) in [5, 5.41) is 1.86. The highest BCUT2D eigenvalue weighted by molar-refractivity contribution is 8.40. The van der Waals surface area contributed by atoms with E-state index < -0.39 is 217 Å². The number of fused-ring (bicyclic) bond motifs is 6. The summed E-state index contributed by atoms with van der Waals surface area (Å²) in [5.41, 5.74) is 8.11. The van der Waals surface area contributed by atoms with Crippen LogP contribution in [0.4, 0.5) is 4.39 Å². The molecule has 5 aromatic rings. The summed E-state index contributed by atoms with van der Waals surface area (Å²) < 4.78 is 31.6. The predicted octanol–water partition coefficient (Wildman–Crippen LogP) is -19.2. The predicted molar refractivity (Wildman–Crippen MR) is 567 cm³/mol. The molecule has 7 rings (SSSR count). The van der Waals surface area contributed by atoms with Crippen molar-refractivity contribution in [2.45, 2.75) is 31.5 Å². The monoisotopic (exact) mass is 1350 g/mol. The van der Waals surface area contributed by atoms with Gasteiger partial charge in [-0.15, -0.1) is 0 Å². The van der Waals surface area contributed by atoms with E-state index in [1.54, 1.807) is 26.4 Å². The molecular weight excluding hydrogens is 1310 g/mol. The van der Waals surface area contributed by atoms with E-state index in [0.29, 0.717) is 17.4 Å². The van der Waals surface area contributed by atoms with Gasteiger partial charge in [-0.25, -0.2) is 4.39 Å². The zero-order chi connectivity index (χ0) is 84.4. The number of benzene rings is 4. The molecule has 3 heterocycles. The Bertz CT molecular complexity index is 3450. The molecule has 5 nitrogen and oxygen atoms in total. The molecule has 0 amide bonds. The number of hydrogen-bond donors (Lipinski definition) is 1. The number of rotatable bonds is 40. The Labute approximate surface area is 739 Å². The molecule has 0 saturated carbocycles. The fourth-order valence-electron chi connectivity index (χ4n) is 18.9. The van der Waals surface area contributed by atoms with E-state index in [1.165, 1.54) is 16.7 Å². The lowest BCUT2D eigenvalue weighted by Gasteiger charge is -2.60. The molecule has 0 aliphatic carbocycles. The fourth-order valence-corrected chi connectivity index (χ4v) is 19.0. The minimum atomic E-state index is -1.72. The van der Waals surface area contributed by atoms with Crippen molar-refractivity contribution < 1.29 is 18.6 Å². The van der Waals surface area contributed by atoms with Gasteiger partial charge in [0.15, 0.2) is 11.5 Å². The lowest BCUT2D eigenvalue weighted by molar-refractivity contribution is 0.127. The van der Waals surface area contributed by atoms with Gasteiger partial charge in [-0.3, -0.25) is 4.90 Å². The van der Waals surface area contributed by atoms with Crippen LogP contribution in [-0.4, -0.2) is 533 Å². The molecule has 2 aliphatic heterocycles. The molecule has 0 spiro atoms. The van der Waals surface area contributed by atoms with Crippen LogP contribution in [0, 0.1) is 5.82 Å². The summed E-state index contributed by atoms with van der Waals surface area (Å²) in [4.78, 5) is 6.25. The number of ether oxygens (including phenoxy) is 3. The molecule has 1 aromatic heterocycles. The molecule has 4 aromatic carbocycles. The molecule has 0 saturated heterocycles. The first-order valence-corrected chi connectivity index (χ1v) is 37.5. The highest BCUT2D eigenvalue weighted by atomic mass is 35.5. The van der Waals surface area contributed by atoms with Crippen LogP contribution in [0.5, 0.6) is 17.2 Å². The molecule has 421 valence electrons. The van der Waals surface area contributed by atoms with Crippen molar-refractivity contribution in [2.24, 2.45) is 0 Å². The summed E-state index contributed by atoms with van der Waals surface area (Å²) in [7, 11) is 247. The van der Waals surface area contributed by atoms with Crippen molar-refractivity contribution in [3.8, 4) is 17.2 Å². The number of methoxy groups -OCH3 is 2. The van der Waals surface area contributed by atoms with Crippen molar-refractivity contribution in [1.29, 1.82) is 0 Å². The number of nitrogens with one attached hydrogen (secondary N) is 1. The lowest BCUT2D eigenvalue weighted by Crippen LogP contribution is -2.98. The van der Waals surface area contributed by atoms with Gasteiger partial charge in [0, 0.05) is 537 Å². The number of hydrogen-bond acceptors (Lipinski definition) is 4. The largest absolute Gasteiger partial charge is 0.497 e. The summed E-state index contributed by atoms with van der Waals surface area (Å²) in [6.45, 7) is 1.29. The van der Waals surface area contributed by atoms with E-state index in [0.717, 1.165) is 65.7 Å². The summed E-state index contributed by atoms with van der Waals surface area (Å²) in [6, 6.07) is 25.1. The Morgan fingerprint density at radius 3 is 1.10 bits per heavy atom. The number of aromatic amines is 1. The molecule has 1 N–H and O–H groups in total. The first-order valence-electron chi connectivity index (χ1n) is 37.1. The fraction of sp³-hybridized carbons (Fsp3) is 0.235. The highest BCUT2D eigenvalue weighted by Crippen LogP contribution is 2.50. The van der Waals surface area contributed by atoms with Crippen LogP contribution >= 0.6 is 11.6 Å². The van der Waals surface area contributed by atoms with Gasteiger partial charge in [0.1, 0.15) is 18.2 Å². The molecule has 2 unspecified atom stereocenters. The Morgan fingerprint density at radius 1 is 0.420 bits per heavy atom. The lowest BCUT2D eigenvalue weighted by atomic mass is 8.21. The minimum Gasteiger partial charge on any atom is -0.497 e. The van der Waals surface area contributed by atoms with E-state index in [1.807, 2.05) is 42.5 Å². The Kier molecular flexibility index (Phi) is 41.5. The third kappa shape index (κ3) is 24.4. The standard InChI is InChI=1S/C34H30ClFN2O3.B71/c1-39-25-11-12-29-27(16-25)28-17-30-26-18-31(40-2)32(41-19-20-3-7-23(35)8-4-20)15-22(26)13-14-38(30)34(33(28)37-29)21-5-9-24(36)10-6-21;1-37-55(36)64(54(34)35)69(65(56(38(2)3)39(4)5)57(40(6)7)41(8)9)71(68(62(50(26)27)51(28)29)63(52(30)31)53(32)33)70(66(58(42(10)11)43(12)13)59(44(14)15)45(16)17)67(60(46(18)19)47(20)21)61(48(22)23)49(24)25/h3-12,15-16,18,30,34,37H,13-14,17,19H2,1-2H3;. The van der Waals surface area contributed by atoms with Crippen LogP contribution in [-0.2, 0) is 19.4 Å². The van der Waals surface area contributed by atoms with Gasteiger partial charge in [0.05, 0.1) is 20.3 Å². The maximum atomic E-state index is 14.0. The van der Waals surface area contributed by atoms with Crippen molar-refractivity contribution in [3.63, 3.8) is 0 Å². The van der Waals surface area contributed by atoms with Crippen LogP contribution in [0.2, 0.25) is 5.02 Å². The van der Waals surface area contributed by atoms with Crippen molar-refractivity contribution in [3.05, 3.63) is 123 Å². The second-order valence-electron chi connectivity index (χ2n) is 30.5. The second kappa shape index (κ2) is 45.8. The zero-order valence-electron chi connectivity index (χ0n) is 63.9. The molecule has 73 radical (unpaired) electrons. The highest BCUT2D eigenvalue weighted by Gasteiger charge is 2.65. The summed E-state index contributed by atoms with van der Waals surface area (Å²) in [5.74, 6) is 2.04. The van der Waals surface area contributed by atoms with Crippen LogP contribution in [0.25, 0.3) is 10.9 Å². The molecule has 2 aliphatic rings. The summed E-state index contributed by atoms with van der Waals surface area (Å²) >= 11 is 6.05. The van der Waals surface area contributed by atoms with Gasteiger partial charge in [-0.2, -0.15) is 0 Å². The molecule has 78 heteroatoms.